The van der Waals surface area contributed by atoms with Crippen LogP contribution in [0, 0.1) is 5.92 Å². The molecular weight excluding hydrogens is 218 g/mol. The highest BCUT2D eigenvalue weighted by Gasteiger charge is 2.22. The van der Waals surface area contributed by atoms with E-state index in [0.29, 0.717) is 18.5 Å². The van der Waals surface area contributed by atoms with Crippen molar-refractivity contribution in [3.8, 4) is 0 Å². The second-order valence-electron chi connectivity index (χ2n) is 4.65. The number of nitrogens with zero attached hydrogens (tertiary/aromatic N) is 2. The van der Waals surface area contributed by atoms with Crippen molar-refractivity contribution in [3.05, 3.63) is 11.7 Å². The van der Waals surface area contributed by atoms with E-state index < -0.39 is 0 Å². The molecule has 5 heteroatoms. The second-order valence-corrected chi connectivity index (χ2v) is 4.65. The summed E-state index contributed by atoms with van der Waals surface area (Å²) in [6.07, 6.45) is 3.03. The van der Waals surface area contributed by atoms with Crippen LogP contribution in [-0.4, -0.2) is 29.4 Å². The van der Waals surface area contributed by atoms with Crippen molar-refractivity contribution in [2.75, 3.05) is 13.2 Å². The Morgan fingerprint density at radius 2 is 2.41 bits per heavy atom. The summed E-state index contributed by atoms with van der Waals surface area (Å²) in [6.45, 7) is 6.71. The molecule has 1 saturated heterocycles. The molecule has 0 spiro atoms. The molecule has 2 heterocycles. The van der Waals surface area contributed by atoms with Gasteiger partial charge in [-0.25, -0.2) is 0 Å². The number of ether oxygens (including phenoxy) is 1. The Kier molecular flexibility index (Phi) is 4.50. The lowest BCUT2D eigenvalue weighted by molar-refractivity contribution is 0.178. The third kappa shape index (κ3) is 3.51. The Morgan fingerprint density at radius 3 is 3.12 bits per heavy atom. The molecule has 1 aliphatic rings. The molecule has 1 N–H and O–H groups in total. The number of nitrogens with one attached hydrogen (secondary N) is 1. The van der Waals surface area contributed by atoms with Crippen molar-refractivity contribution in [2.45, 2.75) is 45.7 Å². The van der Waals surface area contributed by atoms with Gasteiger partial charge in [-0.2, -0.15) is 4.98 Å². The highest BCUT2D eigenvalue weighted by atomic mass is 16.5. The van der Waals surface area contributed by atoms with E-state index in [2.05, 4.69) is 29.3 Å². The van der Waals surface area contributed by atoms with E-state index >= 15 is 0 Å². The molecule has 0 bridgehead atoms. The molecule has 17 heavy (non-hydrogen) atoms. The Morgan fingerprint density at radius 1 is 1.53 bits per heavy atom. The molecule has 0 aromatic carbocycles. The zero-order valence-corrected chi connectivity index (χ0v) is 10.6. The molecule has 0 unspecified atom stereocenters. The van der Waals surface area contributed by atoms with E-state index in [9.17, 15) is 0 Å². The fourth-order valence-corrected chi connectivity index (χ4v) is 2.04. The molecule has 0 saturated carbocycles. The van der Waals surface area contributed by atoms with Crippen molar-refractivity contribution < 1.29 is 9.26 Å². The molecule has 0 amide bonds. The SMILES string of the molecule is CCCc1nc(CN[C@@H](C)[C@H]2CCOC2)no1. The first kappa shape index (κ1) is 12.5. The summed E-state index contributed by atoms with van der Waals surface area (Å²) in [4.78, 5) is 4.33. The molecule has 2 rings (SSSR count). The summed E-state index contributed by atoms with van der Waals surface area (Å²) in [5, 5.41) is 7.38. The summed E-state index contributed by atoms with van der Waals surface area (Å²) in [5.74, 6) is 2.09. The highest BCUT2D eigenvalue weighted by Crippen LogP contribution is 2.16. The summed E-state index contributed by atoms with van der Waals surface area (Å²) < 4.78 is 10.5. The maximum Gasteiger partial charge on any atom is 0.226 e. The summed E-state index contributed by atoms with van der Waals surface area (Å²) >= 11 is 0. The zero-order valence-electron chi connectivity index (χ0n) is 10.6. The molecule has 96 valence electrons. The van der Waals surface area contributed by atoms with Crippen molar-refractivity contribution in [3.63, 3.8) is 0 Å². The van der Waals surface area contributed by atoms with Crippen LogP contribution in [0.2, 0.25) is 0 Å². The average molecular weight is 239 g/mol. The largest absolute Gasteiger partial charge is 0.381 e. The van der Waals surface area contributed by atoms with Gasteiger partial charge in [0.15, 0.2) is 5.82 Å². The standard InChI is InChI=1S/C12H21N3O2/c1-3-4-12-14-11(15-17-12)7-13-9(2)10-5-6-16-8-10/h9-10,13H,3-8H2,1-2H3/t9-,10-/m0/s1. The number of hydrogen-bond acceptors (Lipinski definition) is 5. The van der Waals surface area contributed by atoms with Crippen LogP contribution in [0.4, 0.5) is 0 Å². The topological polar surface area (TPSA) is 60.2 Å². The molecule has 0 aliphatic carbocycles. The van der Waals surface area contributed by atoms with Gasteiger partial charge in [-0.05, 0) is 25.7 Å². The van der Waals surface area contributed by atoms with Crippen LogP contribution < -0.4 is 5.32 Å². The van der Waals surface area contributed by atoms with E-state index in [0.717, 1.165) is 44.2 Å². The molecule has 2 atom stereocenters. The molecule has 1 aliphatic heterocycles. The second kappa shape index (κ2) is 6.12. The first-order valence-corrected chi connectivity index (χ1v) is 6.42. The minimum absolute atomic E-state index is 0.436. The van der Waals surface area contributed by atoms with Crippen LogP contribution >= 0.6 is 0 Å². The third-order valence-electron chi connectivity index (χ3n) is 3.23. The molecule has 0 radical (unpaired) electrons. The van der Waals surface area contributed by atoms with E-state index in [-0.39, 0.29) is 0 Å². The Labute approximate surface area is 102 Å². The van der Waals surface area contributed by atoms with Gasteiger partial charge in [0.2, 0.25) is 5.89 Å². The minimum atomic E-state index is 0.436. The smallest absolute Gasteiger partial charge is 0.226 e. The highest BCUT2D eigenvalue weighted by molar-refractivity contribution is 4.87. The van der Waals surface area contributed by atoms with Gasteiger partial charge in [0.1, 0.15) is 0 Å². The van der Waals surface area contributed by atoms with Crippen molar-refractivity contribution in [2.24, 2.45) is 5.92 Å². The number of hydrogen-bond donors (Lipinski definition) is 1. The lowest BCUT2D eigenvalue weighted by Crippen LogP contribution is -2.33. The first-order chi connectivity index (χ1) is 8.29. The number of rotatable bonds is 6. The van der Waals surface area contributed by atoms with Crippen LogP contribution in [-0.2, 0) is 17.7 Å². The van der Waals surface area contributed by atoms with Crippen LogP contribution in [0.25, 0.3) is 0 Å². The van der Waals surface area contributed by atoms with Gasteiger partial charge in [-0.1, -0.05) is 12.1 Å². The van der Waals surface area contributed by atoms with Gasteiger partial charge in [-0.3, -0.25) is 0 Å². The van der Waals surface area contributed by atoms with Gasteiger partial charge in [0, 0.05) is 19.1 Å². The maximum atomic E-state index is 5.38. The van der Waals surface area contributed by atoms with Crippen LogP contribution in [0.15, 0.2) is 4.52 Å². The first-order valence-electron chi connectivity index (χ1n) is 6.42. The van der Waals surface area contributed by atoms with Crippen LogP contribution in [0.1, 0.15) is 38.4 Å². The number of aryl methyl sites for hydroxylation is 1. The fourth-order valence-electron chi connectivity index (χ4n) is 2.04. The monoisotopic (exact) mass is 239 g/mol. The Balaban J connectivity index is 1.76. The molecule has 1 fully saturated rings. The predicted octanol–water partition coefficient (Wildman–Crippen LogP) is 1.54. The van der Waals surface area contributed by atoms with Crippen LogP contribution in [0.3, 0.4) is 0 Å². The van der Waals surface area contributed by atoms with E-state index in [1.807, 2.05) is 0 Å². The lowest BCUT2D eigenvalue weighted by Gasteiger charge is -2.17. The molecule has 5 nitrogen and oxygen atoms in total. The quantitative estimate of drug-likeness (QED) is 0.816. The summed E-state index contributed by atoms with van der Waals surface area (Å²) in [6, 6.07) is 0.436. The Bertz CT molecular complexity index is 334. The van der Waals surface area contributed by atoms with Crippen molar-refractivity contribution in [1.29, 1.82) is 0 Å². The summed E-state index contributed by atoms with van der Waals surface area (Å²) in [5.41, 5.74) is 0. The van der Waals surface area contributed by atoms with E-state index in [1.165, 1.54) is 0 Å². The van der Waals surface area contributed by atoms with Gasteiger partial charge in [-0.15, -0.1) is 0 Å². The molecule has 1 aromatic rings. The normalized spacial score (nSPS) is 21.9. The lowest BCUT2D eigenvalue weighted by atomic mass is 10.0. The minimum Gasteiger partial charge on any atom is -0.381 e. The van der Waals surface area contributed by atoms with Gasteiger partial charge in [0.05, 0.1) is 13.2 Å². The fraction of sp³-hybridized carbons (Fsp3) is 0.833. The van der Waals surface area contributed by atoms with Gasteiger partial charge < -0.3 is 14.6 Å². The van der Waals surface area contributed by atoms with E-state index in [1.54, 1.807) is 0 Å². The maximum absolute atomic E-state index is 5.38. The molecular formula is C12H21N3O2. The zero-order chi connectivity index (χ0) is 12.1. The van der Waals surface area contributed by atoms with Gasteiger partial charge >= 0.3 is 0 Å². The van der Waals surface area contributed by atoms with Crippen molar-refractivity contribution >= 4 is 0 Å². The van der Waals surface area contributed by atoms with Gasteiger partial charge in [0.25, 0.3) is 0 Å². The Hall–Kier alpha value is -0.940. The number of aromatic nitrogens is 2. The molecule has 1 aromatic heterocycles. The average Bonchev–Trinajstić information content (AvgIpc) is 2.97. The third-order valence-corrected chi connectivity index (χ3v) is 3.23. The van der Waals surface area contributed by atoms with Crippen LogP contribution in [0.5, 0.6) is 0 Å². The van der Waals surface area contributed by atoms with Crippen molar-refractivity contribution in [1.82, 2.24) is 15.5 Å². The van der Waals surface area contributed by atoms with E-state index in [4.69, 9.17) is 9.26 Å². The summed E-state index contributed by atoms with van der Waals surface area (Å²) in [7, 11) is 0. The predicted molar refractivity (Wildman–Crippen MR) is 63.5 cm³/mol.